The highest BCUT2D eigenvalue weighted by Crippen LogP contribution is 2.09. The molecule has 19 heavy (non-hydrogen) atoms. The van der Waals surface area contributed by atoms with E-state index in [-0.39, 0.29) is 5.91 Å². The van der Waals surface area contributed by atoms with Crippen molar-refractivity contribution in [2.45, 2.75) is 65.7 Å². The average Bonchev–Trinajstić information content (AvgIpc) is 2.39. The zero-order chi connectivity index (χ0) is 14.7. The smallest absolute Gasteiger partial charge is 0.308 e. The molecule has 0 aliphatic heterocycles. The van der Waals surface area contributed by atoms with Crippen molar-refractivity contribution in [3.63, 3.8) is 0 Å². The van der Waals surface area contributed by atoms with Gasteiger partial charge in [0.15, 0.2) is 0 Å². The van der Waals surface area contributed by atoms with Gasteiger partial charge in [0.25, 0.3) is 0 Å². The number of hydrogen-bond acceptors (Lipinski definition) is 2. The van der Waals surface area contributed by atoms with Gasteiger partial charge < -0.3 is 10.0 Å². The summed E-state index contributed by atoms with van der Waals surface area (Å²) in [6, 6.07) is 0. The van der Waals surface area contributed by atoms with Crippen LogP contribution in [0.25, 0.3) is 0 Å². The van der Waals surface area contributed by atoms with Crippen LogP contribution in [0.3, 0.4) is 0 Å². The Balaban J connectivity index is 4.28. The molecule has 4 heteroatoms. The normalized spacial score (nSPS) is 12.2. The molecule has 1 amide bonds. The third kappa shape index (κ3) is 8.62. The molecule has 0 radical (unpaired) electrons. The highest BCUT2D eigenvalue weighted by Gasteiger charge is 2.19. The minimum absolute atomic E-state index is 0.103. The number of carbonyl (C=O) groups is 2. The molecule has 0 aromatic carbocycles. The van der Waals surface area contributed by atoms with Gasteiger partial charge in [-0.15, -0.1) is 0 Å². The third-order valence-electron chi connectivity index (χ3n) is 3.29. The molecule has 0 fully saturated rings. The van der Waals surface area contributed by atoms with E-state index < -0.39 is 11.9 Å². The van der Waals surface area contributed by atoms with Crippen molar-refractivity contribution in [3.05, 3.63) is 0 Å². The highest BCUT2D eigenvalue weighted by atomic mass is 16.4. The van der Waals surface area contributed by atoms with Gasteiger partial charge in [0.05, 0.1) is 5.92 Å². The monoisotopic (exact) mass is 271 g/mol. The fourth-order valence-corrected chi connectivity index (χ4v) is 1.94. The van der Waals surface area contributed by atoms with E-state index in [1.54, 1.807) is 11.8 Å². The van der Waals surface area contributed by atoms with Gasteiger partial charge >= 0.3 is 5.97 Å². The first-order chi connectivity index (χ1) is 9.02. The maximum Gasteiger partial charge on any atom is 0.308 e. The molecule has 0 heterocycles. The molecule has 1 atom stereocenters. The van der Waals surface area contributed by atoms with Crippen LogP contribution in [0.15, 0.2) is 0 Å². The number of carboxylic acids is 1. The van der Waals surface area contributed by atoms with Crippen molar-refractivity contribution < 1.29 is 14.7 Å². The van der Waals surface area contributed by atoms with Crippen molar-refractivity contribution in [2.75, 3.05) is 13.1 Å². The number of carboxylic acid groups (broad SMARTS) is 1. The number of rotatable bonds is 11. The fraction of sp³-hybridized carbons (Fsp3) is 0.867. The molecule has 4 nitrogen and oxygen atoms in total. The van der Waals surface area contributed by atoms with E-state index in [2.05, 4.69) is 13.8 Å². The predicted molar refractivity (Wildman–Crippen MR) is 77.0 cm³/mol. The van der Waals surface area contributed by atoms with E-state index in [1.807, 2.05) is 0 Å². The number of amides is 1. The molecule has 0 rings (SSSR count). The molecule has 0 saturated heterocycles. The summed E-state index contributed by atoms with van der Waals surface area (Å²) >= 11 is 0. The number of carbonyl (C=O) groups excluding carboxylic acids is 1. The molecule has 0 aliphatic rings. The van der Waals surface area contributed by atoms with Gasteiger partial charge in [-0.25, -0.2) is 0 Å². The van der Waals surface area contributed by atoms with E-state index >= 15 is 0 Å². The fourth-order valence-electron chi connectivity index (χ4n) is 1.94. The van der Waals surface area contributed by atoms with Crippen LogP contribution in [0.5, 0.6) is 0 Å². The van der Waals surface area contributed by atoms with Crippen molar-refractivity contribution in [1.29, 1.82) is 0 Å². The quantitative estimate of drug-likeness (QED) is 0.586. The summed E-state index contributed by atoms with van der Waals surface area (Å²) in [7, 11) is 0. The standard InChI is InChI=1S/C15H29NO3/c1-4-6-8-9-11-16(12-13(3)15(18)19)14(17)10-7-5-2/h13H,4-12H2,1-3H3,(H,18,19). The molecular formula is C15H29NO3. The third-order valence-corrected chi connectivity index (χ3v) is 3.29. The van der Waals surface area contributed by atoms with Crippen molar-refractivity contribution in [1.82, 2.24) is 4.90 Å². The summed E-state index contributed by atoms with van der Waals surface area (Å²) in [5.41, 5.74) is 0. The van der Waals surface area contributed by atoms with E-state index in [4.69, 9.17) is 5.11 Å². The summed E-state index contributed by atoms with van der Waals surface area (Å²) < 4.78 is 0. The molecule has 1 N–H and O–H groups in total. The van der Waals surface area contributed by atoms with Crippen molar-refractivity contribution >= 4 is 11.9 Å². The highest BCUT2D eigenvalue weighted by molar-refractivity contribution is 5.77. The zero-order valence-electron chi connectivity index (χ0n) is 12.7. The predicted octanol–water partition coefficient (Wildman–Crippen LogP) is 3.31. The van der Waals surface area contributed by atoms with Crippen LogP contribution in [0.4, 0.5) is 0 Å². The van der Waals surface area contributed by atoms with E-state index in [9.17, 15) is 9.59 Å². The second-order valence-electron chi connectivity index (χ2n) is 5.24. The zero-order valence-corrected chi connectivity index (χ0v) is 12.7. The number of hydrogen-bond donors (Lipinski definition) is 1. The van der Waals surface area contributed by atoms with Gasteiger partial charge in [0.1, 0.15) is 0 Å². The summed E-state index contributed by atoms with van der Waals surface area (Å²) in [6.45, 7) is 6.90. The molecule has 0 saturated carbocycles. The first kappa shape index (κ1) is 17.9. The minimum atomic E-state index is -0.832. The summed E-state index contributed by atoms with van der Waals surface area (Å²) in [5, 5.41) is 8.96. The lowest BCUT2D eigenvalue weighted by Crippen LogP contribution is -2.37. The van der Waals surface area contributed by atoms with Gasteiger partial charge in [0.2, 0.25) is 5.91 Å². The van der Waals surface area contributed by atoms with Crippen LogP contribution in [0, 0.1) is 5.92 Å². The number of nitrogens with zero attached hydrogens (tertiary/aromatic N) is 1. The summed E-state index contributed by atoms with van der Waals surface area (Å²) in [5.74, 6) is -1.22. The van der Waals surface area contributed by atoms with Crippen LogP contribution >= 0.6 is 0 Å². The first-order valence-corrected chi connectivity index (χ1v) is 7.53. The lowest BCUT2D eigenvalue weighted by Gasteiger charge is -2.24. The SMILES string of the molecule is CCCCCCN(CC(C)C(=O)O)C(=O)CCCC. The Morgan fingerprint density at radius 1 is 1.05 bits per heavy atom. The molecule has 0 spiro atoms. The lowest BCUT2D eigenvalue weighted by atomic mass is 10.1. The lowest BCUT2D eigenvalue weighted by molar-refractivity contribution is -0.143. The van der Waals surface area contributed by atoms with Crippen LogP contribution < -0.4 is 0 Å². The van der Waals surface area contributed by atoms with E-state index in [0.29, 0.717) is 19.5 Å². The number of aliphatic carboxylic acids is 1. The number of unbranched alkanes of at least 4 members (excludes halogenated alkanes) is 4. The molecule has 0 aromatic rings. The van der Waals surface area contributed by atoms with Crippen molar-refractivity contribution in [3.8, 4) is 0 Å². The minimum Gasteiger partial charge on any atom is -0.481 e. The largest absolute Gasteiger partial charge is 0.481 e. The van der Waals surface area contributed by atoms with Crippen LogP contribution in [0.2, 0.25) is 0 Å². The molecule has 0 aromatic heterocycles. The van der Waals surface area contributed by atoms with Crippen LogP contribution in [-0.2, 0) is 9.59 Å². The van der Waals surface area contributed by atoms with Crippen LogP contribution in [0.1, 0.15) is 65.7 Å². The summed E-state index contributed by atoms with van der Waals surface area (Å²) in [4.78, 5) is 24.7. The Morgan fingerprint density at radius 2 is 1.68 bits per heavy atom. The first-order valence-electron chi connectivity index (χ1n) is 7.53. The van der Waals surface area contributed by atoms with Gasteiger partial charge in [-0.1, -0.05) is 46.5 Å². The Labute approximate surface area is 117 Å². The van der Waals surface area contributed by atoms with E-state index in [1.165, 1.54) is 6.42 Å². The Kier molecular flexibility index (Phi) is 10.2. The van der Waals surface area contributed by atoms with Crippen LogP contribution in [-0.4, -0.2) is 35.0 Å². The van der Waals surface area contributed by atoms with Gasteiger partial charge in [-0.2, -0.15) is 0 Å². The van der Waals surface area contributed by atoms with Crippen molar-refractivity contribution in [2.24, 2.45) is 5.92 Å². The Bertz CT molecular complexity index is 266. The maximum atomic E-state index is 12.1. The molecular weight excluding hydrogens is 242 g/mol. The molecule has 0 bridgehead atoms. The summed E-state index contributed by atoms with van der Waals surface area (Å²) in [6.07, 6.45) is 6.82. The van der Waals surface area contributed by atoms with Gasteiger partial charge in [-0.3, -0.25) is 9.59 Å². The topological polar surface area (TPSA) is 57.6 Å². The second-order valence-corrected chi connectivity index (χ2v) is 5.24. The Hall–Kier alpha value is -1.06. The van der Waals surface area contributed by atoms with Gasteiger partial charge in [0, 0.05) is 19.5 Å². The molecule has 1 unspecified atom stereocenters. The van der Waals surface area contributed by atoms with Gasteiger partial charge in [-0.05, 0) is 12.8 Å². The van der Waals surface area contributed by atoms with E-state index in [0.717, 1.165) is 32.1 Å². The molecule has 0 aliphatic carbocycles. The second kappa shape index (κ2) is 10.8. The Morgan fingerprint density at radius 3 is 2.21 bits per heavy atom. The maximum absolute atomic E-state index is 12.1. The molecule has 112 valence electrons. The average molecular weight is 271 g/mol.